The second-order valence-corrected chi connectivity index (χ2v) is 7.86. The molecule has 2 heterocycles. The summed E-state index contributed by atoms with van der Waals surface area (Å²) in [5.74, 6) is -0.231. The van der Waals surface area contributed by atoms with Crippen molar-refractivity contribution >= 4 is 23.8 Å². The van der Waals surface area contributed by atoms with E-state index in [2.05, 4.69) is 5.32 Å². The number of nitrogens with zero attached hydrogens (tertiary/aromatic N) is 2. The highest BCUT2D eigenvalue weighted by molar-refractivity contribution is 6.09. The molecule has 4 amide bonds. The van der Waals surface area contributed by atoms with E-state index in [0.717, 1.165) is 29.9 Å². The molecule has 29 heavy (non-hydrogen) atoms. The van der Waals surface area contributed by atoms with Crippen molar-refractivity contribution in [1.82, 2.24) is 15.1 Å². The topological polar surface area (TPSA) is 109 Å². The Bertz CT molecular complexity index is 819. The van der Waals surface area contributed by atoms with E-state index in [1.807, 2.05) is 6.92 Å². The lowest BCUT2D eigenvalue weighted by Gasteiger charge is -2.36. The lowest BCUT2D eigenvalue weighted by molar-refractivity contribution is -0.154. The molecule has 3 rings (SSSR count). The number of aryl methyl sites for hydroxylation is 1. The van der Waals surface area contributed by atoms with Crippen LogP contribution in [0.15, 0.2) is 16.5 Å². The van der Waals surface area contributed by atoms with Gasteiger partial charge < -0.3 is 19.4 Å². The van der Waals surface area contributed by atoms with Gasteiger partial charge in [-0.25, -0.2) is 4.79 Å². The average Bonchev–Trinajstić information content (AvgIpc) is 3.18. The number of carbonyl (C=O) groups excluding carboxylic acids is 4. The Morgan fingerprint density at radius 2 is 2.10 bits per heavy atom. The predicted octanol–water partition coefficient (Wildman–Crippen LogP) is 1.59. The number of likely N-dealkylation sites (N-methyl/N-ethyl adjacent to an activating group) is 1. The normalized spacial score (nSPS) is 24.0. The van der Waals surface area contributed by atoms with E-state index < -0.39 is 36.6 Å². The highest BCUT2D eigenvalue weighted by atomic mass is 16.5. The number of ether oxygens (including phenoxy) is 1. The molecule has 2 fully saturated rings. The van der Waals surface area contributed by atoms with Gasteiger partial charge in [0.05, 0.1) is 6.54 Å². The number of rotatable bonds is 6. The van der Waals surface area contributed by atoms with Crippen molar-refractivity contribution in [2.24, 2.45) is 5.92 Å². The van der Waals surface area contributed by atoms with E-state index >= 15 is 0 Å². The van der Waals surface area contributed by atoms with E-state index in [0.29, 0.717) is 12.2 Å². The Morgan fingerprint density at radius 1 is 1.34 bits per heavy atom. The molecule has 1 aromatic heterocycles. The van der Waals surface area contributed by atoms with E-state index in [1.165, 1.54) is 4.90 Å². The highest BCUT2D eigenvalue weighted by Gasteiger charge is 2.55. The Kier molecular flexibility index (Phi) is 5.95. The van der Waals surface area contributed by atoms with Crippen LogP contribution in [0, 0.1) is 12.8 Å². The number of hydrogen-bond acceptors (Lipinski definition) is 6. The average molecular weight is 405 g/mol. The van der Waals surface area contributed by atoms with E-state index in [1.54, 1.807) is 26.1 Å². The molecule has 1 saturated heterocycles. The molecule has 9 heteroatoms. The first-order chi connectivity index (χ1) is 13.7. The van der Waals surface area contributed by atoms with Crippen LogP contribution in [0.2, 0.25) is 0 Å². The minimum Gasteiger partial charge on any atom is -0.464 e. The van der Waals surface area contributed by atoms with E-state index in [9.17, 15) is 19.2 Å². The number of esters is 1. The molecule has 1 aromatic rings. The molecule has 2 atom stereocenters. The van der Waals surface area contributed by atoms with Gasteiger partial charge in [-0.05, 0) is 37.8 Å². The molecule has 1 saturated carbocycles. The van der Waals surface area contributed by atoms with Gasteiger partial charge in [0.25, 0.3) is 11.8 Å². The Hall–Kier alpha value is -2.84. The SMILES string of the molecule is Cc1ccc(CN(C)C(=O)COC(=O)CN2C(=O)N[C@]3(CCCC[C@@H]3C)C2=O)o1. The maximum atomic E-state index is 12.8. The van der Waals surface area contributed by atoms with E-state index in [-0.39, 0.29) is 18.4 Å². The van der Waals surface area contributed by atoms with Gasteiger partial charge in [0.1, 0.15) is 23.6 Å². The minimum absolute atomic E-state index is 0.00850. The van der Waals surface area contributed by atoms with Gasteiger partial charge in [0.15, 0.2) is 6.61 Å². The summed E-state index contributed by atoms with van der Waals surface area (Å²) < 4.78 is 10.4. The number of urea groups is 1. The molecule has 1 aliphatic carbocycles. The molecule has 0 bridgehead atoms. The largest absolute Gasteiger partial charge is 0.464 e. The third-order valence-corrected chi connectivity index (χ3v) is 5.76. The lowest BCUT2D eigenvalue weighted by Crippen LogP contribution is -2.54. The summed E-state index contributed by atoms with van der Waals surface area (Å²) in [6.07, 6.45) is 3.28. The predicted molar refractivity (Wildman–Crippen MR) is 101 cm³/mol. The second kappa shape index (κ2) is 8.26. The minimum atomic E-state index is -0.924. The number of furan rings is 1. The zero-order valence-corrected chi connectivity index (χ0v) is 17.0. The molecular formula is C20H27N3O6. The molecule has 0 unspecified atom stereocenters. The van der Waals surface area contributed by atoms with Gasteiger partial charge in [-0.15, -0.1) is 0 Å². The van der Waals surface area contributed by atoms with Gasteiger partial charge >= 0.3 is 12.0 Å². The summed E-state index contributed by atoms with van der Waals surface area (Å²) in [7, 11) is 1.57. The van der Waals surface area contributed by atoms with Crippen molar-refractivity contribution in [3.8, 4) is 0 Å². The van der Waals surface area contributed by atoms with Crippen LogP contribution in [0.3, 0.4) is 0 Å². The first-order valence-electron chi connectivity index (χ1n) is 9.82. The van der Waals surface area contributed by atoms with Crippen LogP contribution in [0.5, 0.6) is 0 Å². The number of amides is 4. The van der Waals surface area contributed by atoms with Crippen LogP contribution in [0.1, 0.15) is 44.1 Å². The van der Waals surface area contributed by atoms with Crippen LogP contribution < -0.4 is 5.32 Å². The van der Waals surface area contributed by atoms with Gasteiger partial charge in [-0.1, -0.05) is 19.8 Å². The Morgan fingerprint density at radius 3 is 2.76 bits per heavy atom. The summed E-state index contributed by atoms with van der Waals surface area (Å²) in [6, 6.07) is 2.98. The van der Waals surface area contributed by atoms with Crippen LogP contribution in [0.4, 0.5) is 4.79 Å². The molecule has 9 nitrogen and oxygen atoms in total. The molecule has 0 radical (unpaired) electrons. The van der Waals surface area contributed by atoms with Crippen LogP contribution >= 0.6 is 0 Å². The maximum Gasteiger partial charge on any atom is 0.326 e. The van der Waals surface area contributed by atoms with Crippen LogP contribution in [-0.2, 0) is 25.7 Å². The number of hydrogen-bond donors (Lipinski definition) is 1. The van der Waals surface area contributed by atoms with Gasteiger partial charge in [-0.2, -0.15) is 0 Å². The van der Waals surface area contributed by atoms with Crippen molar-refractivity contribution < 1.29 is 28.3 Å². The van der Waals surface area contributed by atoms with Crippen molar-refractivity contribution in [3.05, 3.63) is 23.7 Å². The van der Waals surface area contributed by atoms with E-state index in [4.69, 9.17) is 9.15 Å². The monoisotopic (exact) mass is 405 g/mol. The first-order valence-corrected chi connectivity index (χ1v) is 9.82. The highest BCUT2D eigenvalue weighted by Crippen LogP contribution is 2.38. The molecule has 1 spiro atoms. The molecule has 0 aromatic carbocycles. The summed E-state index contributed by atoms with van der Waals surface area (Å²) in [4.78, 5) is 51.7. The summed E-state index contributed by atoms with van der Waals surface area (Å²) in [6.45, 7) is 3.01. The van der Waals surface area contributed by atoms with Crippen molar-refractivity contribution in [1.29, 1.82) is 0 Å². The number of nitrogens with one attached hydrogen (secondary N) is 1. The summed E-state index contributed by atoms with van der Waals surface area (Å²) in [5.41, 5.74) is -0.924. The number of carbonyl (C=O) groups is 4. The fraction of sp³-hybridized carbons (Fsp3) is 0.600. The standard InChI is InChI=1S/C20H27N3O6/c1-13-6-4-5-9-20(13)18(26)23(19(27)21-20)11-17(25)28-12-16(24)22(3)10-15-8-7-14(2)29-15/h7-8,13H,4-6,9-12H2,1-3H3,(H,21,27)/t13-,20-/m0/s1. The third kappa shape index (κ3) is 4.28. The Balaban J connectivity index is 1.50. The molecule has 2 aliphatic rings. The zero-order valence-electron chi connectivity index (χ0n) is 17.0. The summed E-state index contributed by atoms with van der Waals surface area (Å²) >= 11 is 0. The molecule has 1 N–H and O–H groups in total. The second-order valence-electron chi connectivity index (χ2n) is 7.86. The van der Waals surface area contributed by atoms with Crippen LogP contribution in [-0.4, -0.2) is 59.4 Å². The quantitative estimate of drug-likeness (QED) is 0.569. The number of imide groups is 1. The third-order valence-electron chi connectivity index (χ3n) is 5.76. The van der Waals surface area contributed by atoms with Crippen molar-refractivity contribution in [2.45, 2.75) is 51.6 Å². The lowest BCUT2D eigenvalue weighted by atomic mass is 9.73. The molecule has 158 valence electrons. The van der Waals surface area contributed by atoms with Crippen LogP contribution in [0.25, 0.3) is 0 Å². The first kappa shape index (κ1) is 20.9. The van der Waals surface area contributed by atoms with Gasteiger partial charge in [0.2, 0.25) is 0 Å². The van der Waals surface area contributed by atoms with Gasteiger partial charge in [-0.3, -0.25) is 19.3 Å². The fourth-order valence-corrected chi connectivity index (χ4v) is 3.96. The Labute approximate surface area is 169 Å². The van der Waals surface area contributed by atoms with Crippen molar-refractivity contribution in [2.75, 3.05) is 20.2 Å². The van der Waals surface area contributed by atoms with Crippen molar-refractivity contribution in [3.63, 3.8) is 0 Å². The zero-order chi connectivity index (χ0) is 21.2. The maximum absolute atomic E-state index is 12.8. The summed E-state index contributed by atoms with van der Waals surface area (Å²) in [5, 5.41) is 2.78. The fourth-order valence-electron chi connectivity index (χ4n) is 3.96. The molecular weight excluding hydrogens is 378 g/mol. The smallest absolute Gasteiger partial charge is 0.326 e. The molecule has 1 aliphatic heterocycles. The van der Waals surface area contributed by atoms with Gasteiger partial charge in [0, 0.05) is 7.05 Å².